The molecule has 0 N–H and O–H groups in total. The maximum absolute atomic E-state index is 11.8. The first-order valence-corrected chi connectivity index (χ1v) is 5.83. The van der Waals surface area contributed by atoms with Crippen LogP contribution in [-0.2, 0) is 6.42 Å². The lowest BCUT2D eigenvalue weighted by Gasteiger charge is -2.01. The number of fused-ring (bicyclic) bond motifs is 1. The zero-order valence-electron chi connectivity index (χ0n) is 8.70. The van der Waals surface area contributed by atoms with E-state index in [1.54, 1.807) is 18.2 Å². The molecule has 0 bridgehead atoms. The Kier molecular flexibility index (Phi) is 3.25. The van der Waals surface area contributed by atoms with Crippen molar-refractivity contribution in [2.45, 2.75) is 12.8 Å². The summed E-state index contributed by atoms with van der Waals surface area (Å²) in [6, 6.07) is 7.00. The van der Waals surface area contributed by atoms with Gasteiger partial charge in [-0.2, -0.15) is 0 Å². The van der Waals surface area contributed by atoms with Gasteiger partial charge in [0.15, 0.2) is 5.43 Å². The van der Waals surface area contributed by atoms with E-state index in [1.165, 1.54) is 0 Å². The SMILES string of the molecule is C=CCCc1cc(=O)c2cc(Br)ccc2o1. The van der Waals surface area contributed by atoms with Crippen LogP contribution in [0.2, 0.25) is 0 Å². The number of allylic oxidation sites excluding steroid dienone is 1. The van der Waals surface area contributed by atoms with Crippen LogP contribution in [0.3, 0.4) is 0 Å². The molecule has 0 aliphatic carbocycles. The normalized spacial score (nSPS) is 10.6. The predicted molar refractivity (Wildman–Crippen MR) is 68.7 cm³/mol. The highest BCUT2D eigenvalue weighted by Gasteiger charge is 2.04. The van der Waals surface area contributed by atoms with E-state index < -0.39 is 0 Å². The number of aryl methyl sites for hydroxylation is 1. The van der Waals surface area contributed by atoms with Crippen LogP contribution in [0.1, 0.15) is 12.2 Å². The Morgan fingerprint density at radius 3 is 2.94 bits per heavy atom. The van der Waals surface area contributed by atoms with Gasteiger partial charge in [-0.15, -0.1) is 6.58 Å². The Labute approximate surface area is 102 Å². The molecule has 0 unspecified atom stereocenters. The first kappa shape index (κ1) is 11.1. The average molecular weight is 279 g/mol. The van der Waals surface area contributed by atoms with E-state index in [9.17, 15) is 4.79 Å². The zero-order valence-corrected chi connectivity index (χ0v) is 10.3. The molecule has 0 saturated heterocycles. The van der Waals surface area contributed by atoms with Crippen LogP contribution in [0.15, 0.2) is 50.6 Å². The lowest BCUT2D eigenvalue weighted by molar-refractivity contribution is 0.536. The fourth-order valence-corrected chi connectivity index (χ4v) is 1.91. The van der Waals surface area contributed by atoms with Crippen molar-refractivity contribution in [2.75, 3.05) is 0 Å². The lowest BCUT2D eigenvalue weighted by Crippen LogP contribution is -2.02. The van der Waals surface area contributed by atoms with E-state index >= 15 is 0 Å². The molecule has 82 valence electrons. The van der Waals surface area contributed by atoms with Gasteiger partial charge in [0, 0.05) is 17.0 Å². The van der Waals surface area contributed by atoms with Crippen molar-refractivity contribution in [3.8, 4) is 0 Å². The number of hydrogen-bond acceptors (Lipinski definition) is 2. The minimum absolute atomic E-state index is 0.00149. The van der Waals surface area contributed by atoms with Gasteiger partial charge >= 0.3 is 0 Å². The second-order valence-corrected chi connectivity index (χ2v) is 4.46. The molecule has 0 aliphatic heterocycles. The van der Waals surface area contributed by atoms with Gasteiger partial charge in [0.2, 0.25) is 0 Å². The molecule has 1 aromatic carbocycles. The second-order valence-electron chi connectivity index (χ2n) is 3.54. The highest BCUT2D eigenvalue weighted by atomic mass is 79.9. The van der Waals surface area contributed by atoms with Gasteiger partial charge in [0.05, 0.1) is 5.39 Å². The van der Waals surface area contributed by atoms with Crippen molar-refractivity contribution >= 4 is 26.9 Å². The van der Waals surface area contributed by atoms with Crippen LogP contribution in [0.4, 0.5) is 0 Å². The fourth-order valence-electron chi connectivity index (χ4n) is 1.55. The van der Waals surface area contributed by atoms with E-state index in [-0.39, 0.29) is 5.43 Å². The van der Waals surface area contributed by atoms with Gasteiger partial charge in [-0.3, -0.25) is 4.79 Å². The fraction of sp³-hybridized carbons (Fsp3) is 0.154. The van der Waals surface area contributed by atoms with Gasteiger partial charge < -0.3 is 4.42 Å². The molecule has 2 aromatic rings. The predicted octanol–water partition coefficient (Wildman–Crippen LogP) is 3.67. The monoisotopic (exact) mass is 278 g/mol. The molecule has 0 fully saturated rings. The Morgan fingerprint density at radius 1 is 1.38 bits per heavy atom. The third kappa shape index (κ3) is 2.25. The summed E-state index contributed by atoms with van der Waals surface area (Å²) in [6.45, 7) is 3.65. The Bertz CT molecular complexity index is 584. The van der Waals surface area contributed by atoms with Gasteiger partial charge in [-0.05, 0) is 24.6 Å². The second kappa shape index (κ2) is 4.66. The van der Waals surface area contributed by atoms with Crippen molar-refractivity contribution < 1.29 is 4.42 Å². The van der Waals surface area contributed by atoms with Crippen molar-refractivity contribution in [1.82, 2.24) is 0 Å². The molecule has 2 rings (SSSR count). The van der Waals surface area contributed by atoms with E-state index in [1.807, 2.05) is 12.1 Å². The van der Waals surface area contributed by atoms with Crippen LogP contribution in [0, 0.1) is 0 Å². The Morgan fingerprint density at radius 2 is 2.19 bits per heavy atom. The quantitative estimate of drug-likeness (QED) is 0.802. The van der Waals surface area contributed by atoms with Gasteiger partial charge in [0.1, 0.15) is 11.3 Å². The van der Waals surface area contributed by atoms with E-state index in [2.05, 4.69) is 22.5 Å². The van der Waals surface area contributed by atoms with Crippen LogP contribution in [0.25, 0.3) is 11.0 Å². The molecule has 0 amide bonds. The summed E-state index contributed by atoms with van der Waals surface area (Å²) in [7, 11) is 0. The highest BCUT2D eigenvalue weighted by Crippen LogP contribution is 2.18. The van der Waals surface area contributed by atoms with E-state index in [4.69, 9.17) is 4.42 Å². The zero-order chi connectivity index (χ0) is 11.5. The molecule has 0 atom stereocenters. The molecule has 2 nitrogen and oxygen atoms in total. The Balaban J connectivity index is 2.55. The third-order valence-corrected chi connectivity index (χ3v) is 2.83. The number of rotatable bonds is 3. The molecular weight excluding hydrogens is 268 g/mol. The smallest absolute Gasteiger partial charge is 0.192 e. The third-order valence-electron chi connectivity index (χ3n) is 2.34. The first-order valence-electron chi connectivity index (χ1n) is 5.04. The van der Waals surface area contributed by atoms with Crippen LogP contribution in [0.5, 0.6) is 0 Å². The van der Waals surface area contributed by atoms with Crippen molar-refractivity contribution in [3.63, 3.8) is 0 Å². The van der Waals surface area contributed by atoms with Crippen molar-refractivity contribution in [2.24, 2.45) is 0 Å². The molecule has 0 saturated carbocycles. The van der Waals surface area contributed by atoms with Crippen LogP contribution >= 0.6 is 15.9 Å². The molecule has 0 radical (unpaired) electrons. The molecule has 3 heteroatoms. The number of hydrogen-bond donors (Lipinski definition) is 0. The number of halogens is 1. The van der Waals surface area contributed by atoms with Crippen LogP contribution < -0.4 is 5.43 Å². The maximum atomic E-state index is 11.8. The summed E-state index contributed by atoms with van der Waals surface area (Å²) < 4.78 is 6.51. The summed E-state index contributed by atoms with van der Waals surface area (Å²) >= 11 is 3.33. The summed E-state index contributed by atoms with van der Waals surface area (Å²) in [6.07, 6.45) is 3.33. The topological polar surface area (TPSA) is 30.2 Å². The van der Waals surface area contributed by atoms with Crippen molar-refractivity contribution in [3.05, 3.63) is 57.4 Å². The molecule has 1 heterocycles. The average Bonchev–Trinajstić information content (AvgIpc) is 2.27. The Hall–Kier alpha value is -1.35. The summed E-state index contributed by atoms with van der Waals surface area (Å²) in [5.41, 5.74) is 0.636. The summed E-state index contributed by atoms with van der Waals surface area (Å²) in [4.78, 5) is 11.8. The molecule has 0 spiro atoms. The standard InChI is InChI=1S/C13H11BrO2/c1-2-3-4-10-8-12(15)11-7-9(14)5-6-13(11)16-10/h2,5-8H,1,3-4H2. The molecule has 0 aliphatic rings. The van der Waals surface area contributed by atoms with Gasteiger partial charge in [-0.1, -0.05) is 22.0 Å². The van der Waals surface area contributed by atoms with Crippen molar-refractivity contribution in [1.29, 1.82) is 0 Å². The number of benzene rings is 1. The maximum Gasteiger partial charge on any atom is 0.192 e. The van der Waals surface area contributed by atoms with E-state index in [0.717, 1.165) is 10.9 Å². The van der Waals surface area contributed by atoms with Crippen LogP contribution in [-0.4, -0.2) is 0 Å². The highest BCUT2D eigenvalue weighted by molar-refractivity contribution is 9.10. The van der Waals surface area contributed by atoms with Gasteiger partial charge in [0.25, 0.3) is 0 Å². The summed E-state index contributed by atoms with van der Waals surface area (Å²) in [5.74, 6) is 0.708. The lowest BCUT2D eigenvalue weighted by atomic mass is 10.2. The minimum atomic E-state index is 0.00149. The molecule has 16 heavy (non-hydrogen) atoms. The largest absolute Gasteiger partial charge is 0.461 e. The van der Waals surface area contributed by atoms with E-state index in [0.29, 0.717) is 23.2 Å². The summed E-state index contributed by atoms with van der Waals surface area (Å²) in [5, 5.41) is 0.608. The molecule has 1 aromatic heterocycles. The first-order chi connectivity index (χ1) is 7.70. The molecular formula is C13H11BrO2. The van der Waals surface area contributed by atoms with Gasteiger partial charge in [-0.25, -0.2) is 0 Å². The minimum Gasteiger partial charge on any atom is -0.461 e.